The van der Waals surface area contributed by atoms with Crippen molar-refractivity contribution >= 4 is 12.1 Å². The van der Waals surface area contributed by atoms with Gasteiger partial charge in [0, 0.05) is 25.5 Å². The molecule has 1 amide bonds. The Morgan fingerprint density at radius 3 is 2.41 bits per heavy atom. The van der Waals surface area contributed by atoms with E-state index in [2.05, 4.69) is 4.98 Å². The maximum absolute atomic E-state index is 12.1. The predicted molar refractivity (Wildman–Crippen MR) is 79.5 cm³/mol. The first-order chi connectivity index (χ1) is 10.2. The largest absolute Gasteiger partial charge is 0.481 e. The van der Waals surface area contributed by atoms with Gasteiger partial charge in [0.15, 0.2) is 0 Å². The first kappa shape index (κ1) is 16.3. The van der Waals surface area contributed by atoms with Crippen LogP contribution in [0, 0.1) is 0 Å². The molecule has 0 saturated carbocycles. The first-order valence-corrected chi connectivity index (χ1v) is 7.40. The number of aromatic nitrogens is 2. The Kier molecular flexibility index (Phi) is 4.44. The molecule has 1 saturated heterocycles. The topological polar surface area (TPSA) is 84.7 Å². The Labute approximate surface area is 129 Å². The summed E-state index contributed by atoms with van der Waals surface area (Å²) in [6.07, 6.45) is 5.87. The molecule has 0 aliphatic carbocycles. The zero-order valence-electron chi connectivity index (χ0n) is 13.3. The highest BCUT2D eigenvalue weighted by molar-refractivity contribution is 5.69. The lowest BCUT2D eigenvalue weighted by molar-refractivity contribution is -0.140. The third-order valence-electron chi connectivity index (χ3n) is 3.88. The number of imidazole rings is 1. The summed E-state index contributed by atoms with van der Waals surface area (Å²) in [5.74, 6) is -0.848. The van der Waals surface area contributed by atoms with Crippen LogP contribution >= 0.6 is 0 Å². The predicted octanol–water partition coefficient (Wildman–Crippen LogP) is 2.08. The SMILES string of the molecule is CC(C)(C)OC(=O)N1CCC(CC(=O)O)(n2ccnc2)CC1. The van der Waals surface area contributed by atoms with E-state index < -0.39 is 17.1 Å². The van der Waals surface area contributed by atoms with Crippen LogP contribution in [0.4, 0.5) is 4.79 Å². The van der Waals surface area contributed by atoms with Crippen LogP contribution in [0.1, 0.15) is 40.0 Å². The molecule has 1 aliphatic heterocycles. The van der Waals surface area contributed by atoms with Gasteiger partial charge < -0.3 is 19.3 Å². The summed E-state index contributed by atoms with van der Waals surface area (Å²) in [6, 6.07) is 0. The van der Waals surface area contributed by atoms with E-state index in [1.807, 2.05) is 25.3 Å². The number of ether oxygens (including phenoxy) is 1. The molecule has 1 aliphatic rings. The normalized spacial score (nSPS) is 18.0. The van der Waals surface area contributed by atoms with Crippen LogP contribution in [0.5, 0.6) is 0 Å². The molecule has 0 unspecified atom stereocenters. The third-order valence-corrected chi connectivity index (χ3v) is 3.88. The molecule has 7 nitrogen and oxygen atoms in total. The highest BCUT2D eigenvalue weighted by Crippen LogP contribution is 2.34. The summed E-state index contributed by atoms with van der Waals surface area (Å²) >= 11 is 0. The number of carboxylic acid groups (broad SMARTS) is 1. The van der Waals surface area contributed by atoms with Crippen molar-refractivity contribution in [3.8, 4) is 0 Å². The lowest BCUT2D eigenvalue weighted by atomic mass is 9.84. The maximum atomic E-state index is 12.1. The summed E-state index contributed by atoms with van der Waals surface area (Å²) in [7, 11) is 0. The summed E-state index contributed by atoms with van der Waals surface area (Å²) in [5.41, 5.74) is -1.06. The molecule has 1 fully saturated rings. The van der Waals surface area contributed by atoms with Gasteiger partial charge in [0.05, 0.1) is 18.3 Å². The van der Waals surface area contributed by atoms with E-state index in [0.29, 0.717) is 25.9 Å². The number of carbonyl (C=O) groups is 2. The number of amides is 1. The van der Waals surface area contributed by atoms with E-state index in [9.17, 15) is 14.7 Å². The quantitative estimate of drug-likeness (QED) is 0.924. The zero-order chi connectivity index (χ0) is 16.4. The lowest BCUT2D eigenvalue weighted by Crippen LogP contribution is -2.49. The Morgan fingerprint density at radius 1 is 1.32 bits per heavy atom. The second-order valence-corrected chi connectivity index (χ2v) is 6.73. The van der Waals surface area contributed by atoms with E-state index in [-0.39, 0.29) is 12.5 Å². The van der Waals surface area contributed by atoms with Crippen LogP contribution in [-0.4, -0.2) is 50.3 Å². The molecule has 2 rings (SSSR count). The highest BCUT2D eigenvalue weighted by atomic mass is 16.6. The van der Waals surface area contributed by atoms with Gasteiger partial charge >= 0.3 is 12.1 Å². The molecule has 0 radical (unpaired) electrons. The minimum absolute atomic E-state index is 0.0194. The summed E-state index contributed by atoms with van der Waals surface area (Å²) in [5, 5.41) is 9.22. The van der Waals surface area contributed by atoms with E-state index in [4.69, 9.17) is 4.74 Å². The van der Waals surface area contributed by atoms with Crippen LogP contribution < -0.4 is 0 Å². The lowest BCUT2D eigenvalue weighted by Gasteiger charge is -2.42. The number of carboxylic acids is 1. The number of piperidine rings is 1. The molecular formula is C15H23N3O4. The van der Waals surface area contributed by atoms with Crippen LogP contribution in [0.15, 0.2) is 18.7 Å². The zero-order valence-corrected chi connectivity index (χ0v) is 13.3. The number of rotatable bonds is 3. The van der Waals surface area contributed by atoms with E-state index >= 15 is 0 Å². The number of aliphatic carboxylic acids is 1. The molecule has 0 bridgehead atoms. The van der Waals surface area contributed by atoms with Gasteiger partial charge in [-0.1, -0.05) is 0 Å². The van der Waals surface area contributed by atoms with Crippen molar-refractivity contribution in [2.24, 2.45) is 0 Å². The molecule has 0 aromatic carbocycles. The van der Waals surface area contributed by atoms with Gasteiger partial charge in [-0.15, -0.1) is 0 Å². The minimum atomic E-state index is -0.848. The Bertz CT molecular complexity index is 525. The standard InChI is InChI=1S/C15H23N3O4/c1-14(2,3)22-13(21)17-7-4-15(5-8-17,10-12(19)20)18-9-6-16-11-18/h6,9,11H,4-5,7-8,10H2,1-3H3,(H,19,20). The van der Waals surface area contributed by atoms with Gasteiger partial charge in [0.1, 0.15) is 5.60 Å². The van der Waals surface area contributed by atoms with Gasteiger partial charge in [0.2, 0.25) is 0 Å². The van der Waals surface area contributed by atoms with Gasteiger partial charge in [-0.25, -0.2) is 9.78 Å². The molecule has 1 aromatic heterocycles. The average molecular weight is 309 g/mol. The van der Waals surface area contributed by atoms with Gasteiger partial charge in [-0.05, 0) is 33.6 Å². The molecular weight excluding hydrogens is 286 g/mol. The first-order valence-electron chi connectivity index (χ1n) is 7.40. The van der Waals surface area contributed by atoms with Crippen molar-refractivity contribution in [3.63, 3.8) is 0 Å². The molecule has 1 aromatic rings. The van der Waals surface area contributed by atoms with Gasteiger partial charge in [-0.2, -0.15) is 0 Å². The Balaban J connectivity index is 2.07. The molecule has 2 heterocycles. The number of nitrogens with zero attached hydrogens (tertiary/aromatic N) is 3. The van der Waals surface area contributed by atoms with Gasteiger partial charge in [-0.3, -0.25) is 4.79 Å². The summed E-state index contributed by atoms with van der Waals surface area (Å²) in [6.45, 7) is 6.43. The fraction of sp³-hybridized carbons (Fsp3) is 0.667. The van der Waals surface area contributed by atoms with Crippen molar-refractivity contribution in [3.05, 3.63) is 18.7 Å². The minimum Gasteiger partial charge on any atom is -0.481 e. The molecule has 0 atom stereocenters. The van der Waals surface area contributed by atoms with E-state index in [1.165, 1.54) is 0 Å². The molecule has 0 spiro atoms. The van der Waals surface area contributed by atoms with Crippen LogP contribution in [0.3, 0.4) is 0 Å². The van der Waals surface area contributed by atoms with Gasteiger partial charge in [0.25, 0.3) is 0 Å². The Morgan fingerprint density at radius 2 is 1.95 bits per heavy atom. The fourth-order valence-electron chi connectivity index (χ4n) is 2.78. The van der Waals surface area contributed by atoms with Crippen molar-refractivity contribution in [2.45, 2.75) is 51.2 Å². The smallest absolute Gasteiger partial charge is 0.410 e. The summed E-state index contributed by atoms with van der Waals surface area (Å²) in [4.78, 5) is 29.0. The van der Waals surface area contributed by atoms with Crippen molar-refractivity contribution in [1.29, 1.82) is 0 Å². The number of hydrogen-bond acceptors (Lipinski definition) is 4. The number of likely N-dealkylation sites (tertiary alicyclic amines) is 1. The van der Waals surface area contributed by atoms with Crippen LogP contribution in [0.2, 0.25) is 0 Å². The number of carbonyl (C=O) groups excluding carboxylic acids is 1. The van der Waals surface area contributed by atoms with E-state index in [1.54, 1.807) is 23.6 Å². The maximum Gasteiger partial charge on any atom is 0.410 e. The number of hydrogen-bond donors (Lipinski definition) is 1. The third kappa shape index (κ3) is 3.78. The van der Waals surface area contributed by atoms with Crippen LogP contribution in [0.25, 0.3) is 0 Å². The summed E-state index contributed by atoms with van der Waals surface area (Å²) < 4.78 is 7.22. The van der Waals surface area contributed by atoms with Crippen LogP contribution in [-0.2, 0) is 15.1 Å². The molecule has 122 valence electrons. The second kappa shape index (κ2) is 5.98. The van der Waals surface area contributed by atoms with E-state index in [0.717, 1.165) is 0 Å². The van der Waals surface area contributed by atoms with Crippen molar-refractivity contribution in [2.75, 3.05) is 13.1 Å². The second-order valence-electron chi connectivity index (χ2n) is 6.73. The molecule has 22 heavy (non-hydrogen) atoms. The average Bonchev–Trinajstić information content (AvgIpc) is 2.91. The Hall–Kier alpha value is -2.05. The highest BCUT2D eigenvalue weighted by Gasteiger charge is 2.40. The van der Waals surface area contributed by atoms with Crippen molar-refractivity contribution < 1.29 is 19.4 Å². The molecule has 7 heteroatoms. The van der Waals surface area contributed by atoms with Crippen molar-refractivity contribution in [1.82, 2.24) is 14.5 Å². The fourth-order valence-corrected chi connectivity index (χ4v) is 2.78. The monoisotopic (exact) mass is 309 g/mol. The molecule has 1 N–H and O–H groups in total.